The van der Waals surface area contributed by atoms with Gasteiger partial charge in [-0.1, -0.05) is 18.2 Å². The number of hydrogen-bond donors (Lipinski definition) is 7. The molecule has 1 saturated carbocycles. The van der Waals surface area contributed by atoms with E-state index in [0.717, 1.165) is 23.8 Å². The number of benzene rings is 2. The van der Waals surface area contributed by atoms with E-state index >= 15 is 0 Å². The summed E-state index contributed by atoms with van der Waals surface area (Å²) in [5.41, 5.74) is 9.03. The minimum atomic E-state index is -2.71. The number of allylic oxidation sites excluding steroid dienone is 1. The van der Waals surface area contributed by atoms with Crippen molar-refractivity contribution in [2.45, 2.75) is 49.9 Å². The Morgan fingerprint density at radius 3 is 2.54 bits per heavy atom. The van der Waals surface area contributed by atoms with Crippen molar-refractivity contribution in [3.05, 3.63) is 63.6 Å². The van der Waals surface area contributed by atoms with Crippen LogP contribution >= 0.6 is 0 Å². The van der Waals surface area contributed by atoms with E-state index in [0.29, 0.717) is 23.5 Å². The van der Waals surface area contributed by atoms with E-state index in [9.17, 15) is 34.8 Å². The van der Waals surface area contributed by atoms with E-state index < -0.39 is 58.0 Å². The van der Waals surface area contributed by atoms with Crippen molar-refractivity contribution in [2.75, 3.05) is 0 Å². The molecule has 10 heteroatoms. The molecule has 0 saturated heterocycles. The van der Waals surface area contributed by atoms with Gasteiger partial charge in [0, 0.05) is 29.5 Å². The van der Waals surface area contributed by atoms with Crippen LogP contribution in [0.3, 0.4) is 0 Å². The predicted octanol–water partition coefficient (Wildman–Crippen LogP) is 0.923. The second-order valence-corrected chi connectivity index (χ2v) is 10.6. The topological polar surface area (TPSA) is 196 Å². The number of aromatic hydroxyl groups is 1. The van der Waals surface area contributed by atoms with Crippen LogP contribution in [0.1, 0.15) is 40.7 Å². The van der Waals surface area contributed by atoms with Gasteiger partial charge in [-0.05, 0) is 54.2 Å². The molecule has 0 spiro atoms. The molecule has 1 fully saturated rings. The molecule has 0 heterocycles. The van der Waals surface area contributed by atoms with Gasteiger partial charge < -0.3 is 37.2 Å². The van der Waals surface area contributed by atoms with Gasteiger partial charge in [0.15, 0.2) is 11.4 Å². The number of fused-ring (bicyclic) bond motifs is 4. The van der Waals surface area contributed by atoms with Crippen LogP contribution in [0.2, 0.25) is 0 Å². The van der Waals surface area contributed by atoms with Gasteiger partial charge >= 0.3 is 0 Å². The summed E-state index contributed by atoms with van der Waals surface area (Å²) < 4.78 is 0. The van der Waals surface area contributed by atoms with Gasteiger partial charge in [-0.25, -0.2) is 0 Å². The zero-order chi connectivity index (χ0) is 26.4. The van der Waals surface area contributed by atoms with Crippen molar-refractivity contribution in [1.29, 1.82) is 0 Å². The van der Waals surface area contributed by atoms with Crippen molar-refractivity contribution in [1.82, 2.24) is 5.32 Å². The van der Waals surface area contributed by atoms with E-state index in [1.165, 1.54) is 0 Å². The molecule has 0 aromatic heterocycles. The molecule has 192 valence electrons. The normalized spacial score (nSPS) is 29.3. The highest BCUT2D eigenvalue weighted by Crippen LogP contribution is 2.51. The fourth-order valence-electron chi connectivity index (χ4n) is 6.19. The lowest BCUT2D eigenvalue weighted by molar-refractivity contribution is -0.145. The molecule has 1 amide bonds. The number of aliphatic hydroxyl groups excluding tert-OH is 2. The zero-order valence-corrected chi connectivity index (χ0v) is 19.8. The molecule has 0 bridgehead atoms. The Hall–Kier alpha value is -3.73. The predicted molar refractivity (Wildman–Crippen MR) is 132 cm³/mol. The molecule has 37 heavy (non-hydrogen) atoms. The Bertz CT molecular complexity index is 1490. The van der Waals surface area contributed by atoms with Crippen LogP contribution in [0.5, 0.6) is 5.75 Å². The third-order valence-electron chi connectivity index (χ3n) is 8.30. The van der Waals surface area contributed by atoms with E-state index in [1.54, 1.807) is 0 Å². The summed E-state index contributed by atoms with van der Waals surface area (Å²) in [5.74, 6) is -7.05. The SMILES string of the molecule is NC(=O)C1=C(O)[C@@H](N)[C@@H]2C[C@@H]3Cc4cc5ccc(CNC6CC6)cc5c(O)c4C(=O)C3=C(O)[C@]2(O)C1=O. The number of hydrogen-bond acceptors (Lipinski definition) is 9. The second kappa shape index (κ2) is 7.88. The summed E-state index contributed by atoms with van der Waals surface area (Å²) in [7, 11) is 0. The third kappa shape index (κ3) is 3.26. The van der Waals surface area contributed by atoms with Crippen LogP contribution in [-0.4, -0.2) is 55.6 Å². The van der Waals surface area contributed by atoms with Gasteiger partial charge in [0.25, 0.3) is 5.91 Å². The highest BCUT2D eigenvalue weighted by molar-refractivity contribution is 6.25. The number of amides is 1. The van der Waals surface area contributed by atoms with Crippen LogP contribution in [-0.2, 0) is 22.6 Å². The van der Waals surface area contributed by atoms with Crippen LogP contribution in [0, 0.1) is 11.8 Å². The minimum absolute atomic E-state index is 0.000669. The first-order chi connectivity index (χ1) is 17.5. The lowest BCUT2D eigenvalue weighted by Crippen LogP contribution is -2.63. The molecule has 6 rings (SSSR count). The van der Waals surface area contributed by atoms with Crippen molar-refractivity contribution in [3.8, 4) is 5.75 Å². The van der Waals surface area contributed by atoms with Crippen molar-refractivity contribution >= 4 is 28.2 Å². The summed E-state index contributed by atoms with van der Waals surface area (Å²) in [5, 5.41) is 48.8. The number of aliphatic hydroxyl groups is 3. The van der Waals surface area contributed by atoms with Crippen molar-refractivity contribution < 1.29 is 34.8 Å². The smallest absolute Gasteiger partial charge is 0.255 e. The highest BCUT2D eigenvalue weighted by atomic mass is 16.3. The van der Waals surface area contributed by atoms with Crippen molar-refractivity contribution in [2.24, 2.45) is 23.3 Å². The van der Waals surface area contributed by atoms with Crippen LogP contribution in [0.15, 0.2) is 46.9 Å². The molecule has 0 unspecified atom stereocenters. The molecular weight excluding hydrogens is 478 g/mol. The standard InChI is InChI=1S/C27H27N3O7/c28-20-16-8-13-7-12-6-11-2-1-10(9-30-14-3-4-14)5-15(11)21(31)17(12)22(32)18(13)24(34)27(16,37)25(35)19(23(20)33)26(29)36/h1-2,5-6,13-14,16,20,30-31,33-34,37H,3-4,7-9,28H2,(H2,29,36)/t13-,16-,20-,27-/m0/s1. The maximum Gasteiger partial charge on any atom is 0.255 e. The molecule has 0 aliphatic heterocycles. The third-order valence-corrected chi connectivity index (χ3v) is 8.30. The molecule has 4 aliphatic rings. The highest BCUT2D eigenvalue weighted by Gasteiger charge is 2.62. The van der Waals surface area contributed by atoms with Gasteiger partial charge in [-0.3, -0.25) is 14.4 Å². The average Bonchev–Trinajstić information content (AvgIpc) is 3.68. The van der Waals surface area contributed by atoms with Gasteiger partial charge in [0.1, 0.15) is 22.8 Å². The lowest BCUT2D eigenvalue weighted by atomic mass is 9.59. The first-order valence-electron chi connectivity index (χ1n) is 12.3. The van der Waals surface area contributed by atoms with E-state index in [2.05, 4.69) is 5.32 Å². The first kappa shape index (κ1) is 23.7. The average molecular weight is 506 g/mol. The van der Waals surface area contributed by atoms with Crippen molar-refractivity contribution in [3.63, 3.8) is 0 Å². The summed E-state index contributed by atoms with van der Waals surface area (Å²) in [6.45, 7) is 0.623. The number of phenolic OH excluding ortho intramolecular Hbond substituents is 1. The quantitative estimate of drug-likeness (QED) is 0.296. The summed E-state index contributed by atoms with van der Waals surface area (Å²) in [4.78, 5) is 38.7. The van der Waals surface area contributed by atoms with Gasteiger partial charge in [0.2, 0.25) is 5.78 Å². The maximum absolute atomic E-state index is 13.7. The summed E-state index contributed by atoms with van der Waals surface area (Å²) in [6, 6.07) is 6.63. The van der Waals surface area contributed by atoms with Gasteiger partial charge in [-0.15, -0.1) is 0 Å². The Morgan fingerprint density at radius 2 is 1.86 bits per heavy atom. The molecule has 2 aromatic carbocycles. The summed E-state index contributed by atoms with van der Waals surface area (Å²) in [6.07, 6.45) is 2.49. The molecular formula is C27H27N3O7. The molecule has 4 atom stereocenters. The lowest BCUT2D eigenvalue weighted by Gasteiger charge is -2.47. The van der Waals surface area contributed by atoms with Crippen LogP contribution in [0.25, 0.3) is 10.8 Å². The van der Waals surface area contributed by atoms with Crippen LogP contribution < -0.4 is 16.8 Å². The molecule has 10 nitrogen and oxygen atoms in total. The number of rotatable bonds is 4. The number of carbonyl (C=O) groups excluding carboxylic acids is 3. The fraction of sp³-hybridized carbons (Fsp3) is 0.370. The second-order valence-electron chi connectivity index (χ2n) is 10.6. The van der Waals surface area contributed by atoms with E-state index in [1.807, 2.05) is 24.3 Å². The Balaban J connectivity index is 1.47. The molecule has 9 N–H and O–H groups in total. The Morgan fingerprint density at radius 1 is 1.14 bits per heavy atom. The first-order valence-corrected chi connectivity index (χ1v) is 12.3. The number of ketones is 2. The number of phenols is 1. The largest absolute Gasteiger partial charge is 0.510 e. The fourth-order valence-corrected chi connectivity index (χ4v) is 6.19. The molecule has 4 aliphatic carbocycles. The number of carbonyl (C=O) groups is 3. The van der Waals surface area contributed by atoms with Gasteiger partial charge in [-0.2, -0.15) is 0 Å². The van der Waals surface area contributed by atoms with E-state index in [4.69, 9.17) is 11.5 Å². The number of nitrogens with one attached hydrogen (secondary N) is 1. The number of nitrogens with two attached hydrogens (primary N) is 2. The molecule has 2 aromatic rings. The van der Waals surface area contributed by atoms with Gasteiger partial charge in [0.05, 0.1) is 11.6 Å². The van der Waals surface area contributed by atoms with E-state index in [-0.39, 0.29) is 29.7 Å². The Labute approximate surface area is 211 Å². The minimum Gasteiger partial charge on any atom is -0.510 e. The van der Waals surface area contributed by atoms with Crippen LogP contribution in [0.4, 0.5) is 0 Å². The summed E-state index contributed by atoms with van der Waals surface area (Å²) >= 11 is 0. The zero-order valence-electron chi connectivity index (χ0n) is 19.8. The molecule has 0 radical (unpaired) electrons. The Kier molecular flexibility index (Phi) is 5.04. The monoisotopic (exact) mass is 505 g/mol. The number of primary amides is 1. The number of Topliss-reactive ketones (excluding diaryl/α,β-unsaturated/α-hetero) is 2. The maximum atomic E-state index is 13.7.